The molecule has 102 valence electrons. The maximum absolute atomic E-state index is 9.06. The van der Waals surface area contributed by atoms with E-state index in [4.69, 9.17) is 14.9 Å². The molecule has 0 bridgehead atoms. The Labute approximate surface area is 109 Å². The van der Waals surface area contributed by atoms with Crippen molar-refractivity contribution in [3.63, 3.8) is 0 Å². The second kappa shape index (κ2) is 7.39. The Kier molecular flexibility index (Phi) is 6.16. The van der Waals surface area contributed by atoms with Gasteiger partial charge in [0.25, 0.3) is 0 Å². The summed E-state index contributed by atoms with van der Waals surface area (Å²) >= 11 is 0. The summed E-state index contributed by atoms with van der Waals surface area (Å²) in [5.74, 6) is 0.927. The van der Waals surface area contributed by atoms with Crippen molar-refractivity contribution in [3.8, 4) is 5.75 Å². The minimum Gasteiger partial charge on any atom is -0.494 e. The van der Waals surface area contributed by atoms with Crippen LogP contribution in [-0.4, -0.2) is 30.0 Å². The summed E-state index contributed by atoms with van der Waals surface area (Å²) in [6, 6.07) is 4.09. The number of hydrogen-bond acceptors (Lipinski definition) is 3. The van der Waals surface area contributed by atoms with Gasteiger partial charge in [-0.05, 0) is 56.4 Å². The van der Waals surface area contributed by atoms with Gasteiger partial charge < -0.3 is 14.9 Å². The van der Waals surface area contributed by atoms with E-state index >= 15 is 0 Å². The molecule has 0 unspecified atom stereocenters. The van der Waals surface area contributed by atoms with Crippen molar-refractivity contribution in [3.05, 3.63) is 28.8 Å². The third-order valence-corrected chi connectivity index (χ3v) is 3.49. The van der Waals surface area contributed by atoms with E-state index in [9.17, 15) is 0 Å². The average Bonchev–Trinajstić information content (AvgIpc) is 2.38. The summed E-state index contributed by atoms with van der Waals surface area (Å²) in [5.41, 5.74) is 3.69. The van der Waals surface area contributed by atoms with Crippen molar-refractivity contribution >= 4 is 0 Å². The highest BCUT2D eigenvalue weighted by molar-refractivity contribution is 5.43. The number of aliphatic hydroxyl groups is 2. The van der Waals surface area contributed by atoms with Crippen LogP contribution in [0.4, 0.5) is 0 Å². The highest BCUT2D eigenvalue weighted by Crippen LogP contribution is 2.25. The van der Waals surface area contributed by atoms with Crippen LogP contribution in [0.5, 0.6) is 5.75 Å². The smallest absolute Gasteiger partial charge is 0.122 e. The van der Waals surface area contributed by atoms with Crippen LogP contribution in [0.2, 0.25) is 0 Å². The zero-order valence-corrected chi connectivity index (χ0v) is 11.6. The molecule has 18 heavy (non-hydrogen) atoms. The van der Waals surface area contributed by atoms with Crippen LogP contribution in [-0.2, 0) is 6.42 Å². The fourth-order valence-corrected chi connectivity index (χ4v) is 2.03. The fourth-order valence-electron chi connectivity index (χ4n) is 2.03. The normalized spacial score (nSPS) is 11.0. The van der Waals surface area contributed by atoms with Gasteiger partial charge in [0.05, 0.1) is 6.61 Å². The summed E-state index contributed by atoms with van der Waals surface area (Å²) in [6.07, 6.45) is 1.69. The minimum atomic E-state index is -0.0173. The van der Waals surface area contributed by atoms with Crippen LogP contribution in [0.15, 0.2) is 12.1 Å². The SMILES string of the molecule is CCOc1ccc(CCC(CO)CO)c(C)c1C. The van der Waals surface area contributed by atoms with Crippen LogP contribution in [0.25, 0.3) is 0 Å². The second-order valence-electron chi connectivity index (χ2n) is 4.68. The zero-order chi connectivity index (χ0) is 13.5. The third-order valence-electron chi connectivity index (χ3n) is 3.49. The highest BCUT2D eigenvalue weighted by Gasteiger charge is 2.10. The second-order valence-corrected chi connectivity index (χ2v) is 4.68. The van der Waals surface area contributed by atoms with Gasteiger partial charge in [0.1, 0.15) is 5.75 Å². The molecule has 0 aliphatic heterocycles. The average molecular weight is 252 g/mol. The molecule has 0 fully saturated rings. The molecule has 1 aromatic carbocycles. The predicted molar refractivity (Wildman–Crippen MR) is 73.1 cm³/mol. The van der Waals surface area contributed by atoms with Gasteiger partial charge in [0.15, 0.2) is 0 Å². The van der Waals surface area contributed by atoms with Gasteiger partial charge in [0, 0.05) is 19.1 Å². The molecular formula is C15H24O3. The molecule has 0 saturated carbocycles. The molecule has 0 spiro atoms. The summed E-state index contributed by atoms with van der Waals surface area (Å²) in [6.45, 7) is 6.92. The number of aliphatic hydroxyl groups excluding tert-OH is 2. The minimum absolute atomic E-state index is 0.0173. The van der Waals surface area contributed by atoms with Crippen molar-refractivity contribution in [2.45, 2.75) is 33.6 Å². The lowest BCUT2D eigenvalue weighted by molar-refractivity contribution is 0.144. The molecule has 0 saturated heterocycles. The highest BCUT2D eigenvalue weighted by atomic mass is 16.5. The molecule has 1 aromatic rings. The van der Waals surface area contributed by atoms with E-state index in [0.29, 0.717) is 6.61 Å². The van der Waals surface area contributed by atoms with Crippen molar-refractivity contribution in [1.82, 2.24) is 0 Å². The lowest BCUT2D eigenvalue weighted by atomic mass is 9.95. The maximum Gasteiger partial charge on any atom is 0.122 e. The van der Waals surface area contributed by atoms with Crippen molar-refractivity contribution < 1.29 is 14.9 Å². The number of rotatable bonds is 7. The van der Waals surface area contributed by atoms with Crippen molar-refractivity contribution in [1.29, 1.82) is 0 Å². The molecule has 0 aliphatic rings. The first-order valence-corrected chi connectivity index (χ1v) is 6.57. The Morgan fingerprint density at radius 3 is 2.33 bits per heavy atom. The Bertz CT molecular complexity index is 370. The Morgan fingerprint density at radius 1 is 1.11 bits per heavy atom. The predicted octanol–water partition coefficient (Wildman–Crippen LogP) is 2.24. The summed E-state index contributed by atoms with van der Waals surface area (Å²) < 4.78 is 5.56. The molecule has 2 N–H and O–H groups in total. The van der Waals surface area contributed by atoms with Crippen LogP contribution in [0.1, 0.15) is 30.0 Å². The van der Waals surface area contributed by atoms with Gasteiger partial charge in [-0.3, -0.25) is 0 Å². The van der Waals surface area contributed by atoms with Crippen LogP contribution >= 0.6 is 0 Å². The van der Waals surface area contributed by atoms with Crippen LogP contribution in [0.3, 0.4) is 0 Å². The first-order chi connectivity index (χ1) is 8.63. The molecular weight excluding hydrogens is 228 g/mol. The summed E-state index contributed by atoms with van der Waals surface area (Å²) in [7, 11) is 0. The topological polar surface area (TPSA) is 49.7 Å². The van der Waals surface area contributed by atoms with Crippen LogP contribution in [0, 0.1) is 19.8 Å². The lowest BCUT2D eigenvalue weighted by Gasteiger charge is -2.15. The molecule has 0 amide bonds. The summed E-state index contributed by atoms with van der Waals surface area (Å²) in [5, 5.41) is 18.1. The van der Waals surface area contributed by atoms with Gasteiger partial charge in [-0.2, -0.15) is 0 Å². The van der Waals surface area contributed by atoms with Gasteiger partial charge in [0.2, 0.25) is 0 Å². The Morgan fingerprint density at radius 2 is 1.78 bits per heavy atom. The zero-order valence-electron chi connectivity index (χ0n) is 11.6. The number of aryl methyl sites for hydroxylation is 1. The Balaban J connectivity index is 2.75. The van der Waals surface area contributed by atoms with Crippen LogP contribution < -0.4 is 4.74 Å². The molecule has 3 nitrogen and oxygen atoms in total. The van der Waals surface area contributed by atoms with E-state index in [2.05, 4.69) is 19.9 Å². The van der Waals surface area contributed by atoms with Gasteiger partial charge in [-0.1, -0.05) is 6.07 Å². The first kappa shape index (κ1) is 15.0. The van der Waals surface area contributed by atoms with Crippen molar-refractivity contribution in [2.75, 3.05) is 19.8 Å². The number of ether oxygens (including phenoxy) is 1. The van der Waals surface area contributed by atoms with E-state index in [0.717, 1.165) is 18.6 Å². The van der Waals surface area contributed by atoms with Gasteiger partial charge in [-0.15, -0.1) is 0 Å². The molecule has 1 rings (SSSR count). The molecule has 3 heteroatoms. The largest absolute Gasteiger partial charge is 0.494 e. The van der Waals surface area contributed by atoms with E-state index in [1.54, 1.807) is 0 Å². The number of hydrogen-bond donors (Lipinski definition) is 2. The molecule has 0 radical (unpaired) electrons. The fraction of sp³-hybridized carbons (Fsp3) is 0.600. The standard InChI is InChI=1S/C15H24O3/c1-4-18-15-8-7-14(11(2)12(15)3)6-5-13(9-16)10-17/h7-8,13,16-17H,4-6,9-10H2,1-3H3. The van der Waals surface area contributed by atoms with Gasteiger partial charge >= 0.3 is 0 Å². The summed E-state index contributed by atoms with van der Waals surface area (Å²) in [4.78, 5) is 0. The van der Waals surface area contributed by atoms with Crippen molar-refractivity contribution in [2.24, 2.45) is 5.92 Å². The molecule has 0 atom stereocenters. The third kappa shape index (κ3) is 3.72. The maximum atomic E-state index is 9.06. The van der Waals surface area contributed by atoms with E-state index in [1.807, 2.05) is 13.0 Å². The lowest BCUT2D eigenvalue weighted by Crippen LogP contribution is -2.12. The molecule has 0 aliphatic carbocycles. The quantitative estimate of drug-likeness (QED) is 0.782. The van der Waals surface area contributed by atoms with Gasteiger partial charge in [-0.25, -0.2) is 0 Å². The monoisotopic (exact) mass is 252 g/mol. The number of benzene rings is 1. The molecule has 0 aromatic heterocycles. The molecule has 0 heterocycles. The van der Waals surface area contributed by atoms with E-state index in [-0.39, 0.29) is 19.1 Å². The Hall–Kier alpha value is -1.06. The first-order valence-electron chi connectivity index (χ1n) is 6.57. The van der Waals surface area contributed by atoms with E-state index in [1.165, 1.54) is 16.7 Å². The van der Waals surface area contributed by atoms with E-state index < -0.39 is 0 Å².